The second kappa shape index (κ2) is 4.71. The van der Waals surface area contributed by atoms with E-state index in [1.165, 1.54) is 6.26 Å². The summed E-state index contributed by atoms with van der Waals surface area (Å²) in [5.41, 5.74) is 2.02. The molecule has 0 fully saturated rings. The molecule has 3 heteroatoms. The van der Waals surface area contributed by atoms with Crippen LogP contribution in [0.15, 0.2) is 39.7 Å². The molecular formula is C16H13ClO2. The van der Waals surface area contributed by atoms with E-state index in [9.17, 15) is 4.79 Å². The Balaban J connectivity index is 2.29. The molecule has 3 rings (SSSR count). The van der Waals surface area contributed by atoms with Crippen LogP contribution in [0.4, 0.5) is 0 Å². The first-order chi connectivity index (χ1) is 9.15. The lowest BCUT2D eigenvalue weighted by atomic mass is 10.00. The van der Waals surface area contributed by atoms with Gasteiger partial charge in [-0.15, -0.1) is 0 Å². The van der Waals surface area contributed by atoms with Gasteiger partial charge in [0.05, 0.1) is 10.8 Å². The molecule has 0 spiro atoms. The minimum atomic E-state index is 0.00585. The summed E-state index contributed by atoms with van der Waals surface area (Å²) in [6.07, 6.45) is 6.39. The molecule has 1 aliphatic carbocycles. The Kier molecular flexibility index (Phi) is 3.03. The molecule has 2 aromatic rings. The summed E-state index contributed by atoms with van der Waals surface area (Å²) < 4.78 is 5.57. The van der Waals surface area contributed by atoms with Gasteiger partial charge >= 0.3 is 0 Å². The normalized spacial score (nSPS) is 17.3. The van der Waals surface area contributed by atoms with Crippen molar-refractivity contribution in [2.75, 3.05) is 0 Å². The first-order valence-corrected chi connectivity index (χ1v) is 6.63. The zero-order valence-corrected chi connectivity index (χ0v) is 11.3. The van der Waals surface area contributed by atoms with Gasteiger partial charge < -0.3 is 4.42 Å². The predicted molar refractivity (Wildman–Crippen MR) is 77.4 cm³/mol. The fourth-order valence-electron chi connectivity index (χ4n) is 2.31. The molecular weight excluding hydrogens is 260 g/mol. The number of fused-ring (bicyclic) bond motifs is 1. The molecule has 0 saturated heterocycles. The topological polar surface area (TPSA) is 30.2 Å². The van der Waals surface area contributed by atoms with E-state index in [-0.39, 0.29) is 5.43 Å². The molecule has 96 valence electrons. The molecule has 0 saturated carbocycles. The predicted octanol–water partition coefficient (Wildman–Crippen LogP) is 2.56. The van der Waals surface area contributed by atoms with Crippen molar-refractivity contribution in [1.29, 1.82) is 0 Å². The molecule has 1 atom stereocenters. The molecule has 0 aliphatic heterocycles. The van der Waals surface area contributed by atoms with Gasteiger partial charge in [-0.2, -0.15) is 0 Å². The number of hydrogen-bond donors (Lipinski definition) is 0. The van der Waals surface area contributed by atoms with Gasteiger partial charge in [-0.1, -0.05) is 36.7 Å². The fraction of sp³-hybridized carbons (Fsp3) is 0.188. The van der Waals surface area contributed by atoms with E-state index in [2.05, 4.69) is 6.92 Å². The molecule has 1 unspecified atom stereocenters. The van der Waals surface area contributed by atoms with Gasteiger partial charge in [0.25, 0.3) is 0 Å². The van der Waals surface area contributed by atoms with Crippen molar-refractivity contribution in [3.63, 3.8) is 0 Å². The Morgan fingerprint density at radius 1 is 1.37 bits per heavy atom. The summed E-state index contributed by atoms with van der Waals surface area (Å²) in [6.45, 7) is 2.09. The van der Waals surface area contributed by atoms with Crippen molar-refractivity contribution < 1.29 is 4.42 Å². The minimum absolute atomic E-state index is 0.00585. The summed E-state index contributed by atoms with van der Waals surface area (Å²) in [7, 11) is 0. The second-order valence-electron chi connectivity index (χ2n) is 4.85. The lowest BCUT2D eigenvalue weighted by molar-refractivity contribution is 0.503. The third-order valence-electron chi connectivity index (χ3n) is 3.32. The summed E-state index contributed by atoms with van der Waals surface area (Å²) >= 11 is 5.97. The van der Waals surface area contributed by atoms with Crippen LogP contribution in [0.3, 0.4) is 0 Å². The van der Waals surface area contributed by atoms with E-state index in [4.69, 9.17) is 16.0 Å². The molecule has 0 amide bonds. The first kappa shape index (κ1) is 12.2. The smallest absolute Gasteiger partial charge is 0.200 e. The quantitative estimate of drug-likeness (QED) is 0.799. The highest BCUT2D eigenvalue weighted by atomic mass is 35.5. The van der Waals surface area contributed by atoms with Gasteiger partial charge in [-0.05, 0) is 36.1 Å². The van der Waals surface area contributed by atoms with Crippen LogP contribution in [0, 0.1) is 5.92 Å². The average molecular weight is 273 g/mol. The lowest BCUT2D eigenvalue weighted by Gasteiger charge is -2.07. The van der Waals surface area contributed by atoms with E-state index in [0.717, 1.165) is 12.0 Å². The van der Waals surface area contributed by atoms with Gasteiger partial charge in [0.1, 0.15) is 11.7 Å². The van der Waals surface area contributed by atoms with Crippen LogP contribution in [0.5, 0.6) is 0 Å². The molecule has 19 heavy (non-hydrogen) atoms. The Labute approximate surface area is 115 Å². The van der Waals surface area contributed by atoms with E-state index >= 15 is 0 Å². The lowest BCUT2D eigenvalue weighted by Crippen LogP contribution is -2.41. The van der Waals surface area contributed by atoms with Crippen molar-refractivity contribution in [1.82, 2.24) is 0 Å². The zero-order valence-electron chi connectivity index (χ0n) is 10.5. The minimum Gasteiger partial charge on any atom is -0.464 e. The van der Waals surface area contributed by atoms with Gasteiger partial charge in [0.2, 0.25) is 0 Å². The van der Waals surface area contributed by atoms with Crippen molar-refractivity contribution in [3.05, 3.63) is 56.4 Å². The molecule has 2 nitrogen and oxygen atoms in total. The van der Waals surface area contributed by atoms with Crippen LogP contribution in [-0.2, 0) is 0 Å². The van der Waals surface area contributed by atoms with Gasteiger partial charge in [-0.3, -0.25) is 4.79 Å². The Hall–Kier alpha value is -1.80. The van der Waals surface area contributed by atoms with Crippen molar-refractivity contribution >= 4 is 23.8 Å². The third kappa shape index (κ3) is 2.24. The van der Waals surface area contributed by atoms with Crippen LogP contribution in [-0.4, -0.2) is 0 Å². The summed E-state index contributed by atoms with van der Waals surface area (Å²) in [5.74, 6) is 0.366. The van der Waals surface area contributed by atoms with Crippen LogP contribution >= 0.6 is 11.6 Å². The van der Waals surface area contributed by atoms with Crippen LogP contribution in [0.1, 0.15) is 13.3 Å². The summed E-state index contributed by atoms with van der Waals surface area (Å²) in [4.78, 5) is 12.5. The first-order valence-electron chi connectivity index (χ1n) is 6.25. The SMILES string of the molecule is CC1C=c2c(occ(-c3cccc(Cl)c3)c2=O)=CC1. The summed E-state index contributed by atoms with van der Waals surface area (Å²) in [6, 6.07) is 7.25. The van der Waals surface area contributed by atoms with Crippen LogP contribution < -0.4 is 16.1 Å². The third-order valence-corrected chi connectivity index (χ3v) is 3.56. The molecule has 0 radical (unpaired) electrons. The molecule has 1 aromatic carbocycles. The molecule has 1 heterocycles. The monoisotopic (exact) mass is 272 g/mol. The summed E-state index contributed by atoms with van der Waals surface area (Å²) in [5, 5.41) is 1.27. The Morgan fingerprint density at radius 3 is 3.00 bits per heavy atom. The van der Waals surface area contributed by atoms with Crippen molar-refractivity contribution in [3.8, 4) is 11.1 Å². The van der Waals surface area contributed by atoms with E-state index in [1.807, 2.05) is 24.3 Å². The zero-order chi connectivity index (χ0) is 13.4. The number of hydrogen-bond acceptors (Lipinski definition) is 2. The van der Waals surface area contributed by atoms with Gasteiger partial charge in [0.15, 0.2) is 5.43 Å². The number of halogens is 1. The number of benzene rings is 1. The van der Waals surface area contributed by atoms with Crippen molar-refractivity contribution in [2.24, 2.45) is 5.92 Å². The van der Waals surface area contributed by atoms with Crippen LogP contribution in [0.25, 0.3) is 23.3 Å². The average Bonchev–Trinajstić information content (AvgIpc) is 2.40. The van der Waals surface area contributed by atoms with Gasteiger partial charge in [0, 0.05) is 5.02 Å². The maximum absolute atomic E-state index is 12.5. The van der Waals surface area contributed by atoms with E-state index in [0.29, 0.717) is 27.1 Å². The highest BCUT2D eigenvalue weighted by molar-refractivity contribution is 6.30. The van der Waals surface area contributed by atoms with E-state index < -0.39 is 0 Å². The molecule has 0 N–H and O–H groups in total. The molecule has 1 aliphatic rings. The highest BCUT2D eigenvalue weighted by Crippen LogP contribution is 2.19. The standard InChI is InChI=1S/C16H13ClO2/c1-10-5-6-15-13(7-10)16(18)14(9-19-15)11-3-2-4-12(17)8-11/h2-4,6-10H,5H2,1H3. The molecule has 0 bridgehead atoms. The van der Waals surface area contributed by atoms with Crippen LogP contribution in [0.2, 0.25) is 5.02 Å². The molecule has 1 aromatic heterocycles. The van der Waals surface area contributed by atoms with Crippen molar-refractivity contribution in [2.45, 2.75) is 13.3 Å². The Morgan fingerprint density at radius 2 is 2.21 bits per heavy atom. The van der Waals surface area contributed by atoms with E-state index in [1.54, 1.807) is 12.1 Å². The number of rotatable bonds is 1. The van der Waals surface area contributed by atoms with Gasteiger partial charge in [-0.25, -0.2) is 0 Å². The largest absolute Gasteiger partial charge is 0.464 e. The highest BCUT2D eigenvalue weighted by Gasteiger charge is 2.10. The Bertz CT molecular complexity index is 802. The maximum atomic E-state index is 12.5. The second-order valence-corrected chi connectivity index (χ2v) is 5.29. The maximum Gasteiger partial charge on any atom is 0.200 e. The fourth-order valence-corrected chi connectivity index (χ4v) is 2.50.